The summed E-state index contributed by atoms with van der Waals surface area (Å²) in [6.45, 7) is 1.98. The maximum absolute atomic E-state index is 13.6. The van der Waals surface area contributed by atoms with Crippen LogP contribution in [0.2, 0.25) is 0 Å². The second kappa shape index (κ2) is 8.57. The van der Waals surface area contributed by atoms with Crippen LogP contribution in [-0.4, -0.2) is 44.0 Å². The van der Waals surface area contributed by atoms with Crippen molar-refractivity contribution in [3.63, 3.8) is 0 Å². The minimum absolute atomic E-state index is 0.0736. The molecule has 2 aromatic heterocycles. The Bertz CT molecular complexity index is 1420. The highest BCUT2D eigenvalue weighted by Gasteiger charge is 2.34. The molecule has 35 heavy (non-hydrogen) atoms. The largest absolute Gasteiger partial charge is 0.497 e. The van der Waals surface area contributed by atoms with E-state index in [2.05, 4.69) is 15.2 Å². The first-order valence-corrected chi connectivity index (χ1v) is 10.8. The molecule has 3 heterocycles. The normalized spacial score (nSPS) is 12.4. The number of methoxy groups -OCH3 is 1. The number of aromatic nitrogens is 5. The number of ether oxygens (including phenoxy) is 2. The number of carbonyl (C=O) groups is 1. The molecule has 0 saturated carbocycles. The third kappa shape index (κ3) is 3.92. The predicted octanol–water partition coefficient (Wildman–Crippen LogP) is 4.29. The molecule has 0 bridgehead atoms. The van der Waals surface area contributed by atoms with Gasteiger partial charge in [0.2, 0.25) is 0 Å². The summed E-state index contributed by atoms with van der Waals surface area (Å²) in [4.78, 5) is 16.9. The number of esters is 1. The van der Waals surface area contributed by atoms with E-state index in [1.165, 1.54) is 25.6 Å². The van der Waals surface area contributed by atoms with Gasteiger partial charge >= 0.3 is 12.1 Å². The highest BCUT2D eigenvalue weighted by molar-refractivity contribution is 5.89. The molecule has 1 aliphatic heterocycles. The van der Waals surface area contributed by atoms with Crippen molar-refractivity contribution in [2.24, 2.45) is 0 Å². The van der Waals surface area contributed by atoms with Crippen molar-refractivity contribution in [1.82, 2.24) is 24.3 Å². The molecule has 0 N–H and O–H groups in total. The highest BCUT2D eigenvalue weighted by atomic mass is 19.4. The zero-order valence-electron chi connectivity index (χ0n) is 18.8. The van der Waals surface area contributed by atoms with Crippen LogP contribution in [0.25, 0.3) is 17.1 Å². The van der Waals surface area contributed by atoms with Crippen molar-refractivity contribution in [3.05, 3.63) is 77.1 Å². The van der Waals surface area contributed by atoms with Crippen molar-refractivity contribution >= 4 is 5.97 Å². The molecule has 4 aromatic rings. The van der Waals surface area contributed by atoms with E-state index in [0.29, 0.717) is 34.3 Å². The molecule has 0 fully saturated rings. The van der Waals surface area contributed by atoms with Gasteiger partial charge in [-0.25, -0.2) is 9.78 Å². The van der Waals surface area contributed by atoms with E-state index in [1.54, 1.807) is 40.3 Å². The summed E-state index contributed by atoms with van der Waals surface area (Å²) in [7, 11) is 1.53. The monoisotopic (exact) mass is 483 g/mol. The molecule has 0 amide bonds. The van der Waals surface area contributed by atoms with E-state index in [1.807, 2.05) is 0 Å². The van der Waals surface area contributed by atoms with Gasteiger partial charge in [-0.05, 0) is 36.8 Å². The Kier molecular flexibility index (Phi) is 5.54. The molecule has 11 heteroatoms. The number of hydrogen-bond acceptors (Lipinski definition) is 6. The van der Waals surface area contributed by atoms with Gasteiger partial charge < -0.3 is 14.0 Å². The second-order valence-electron chi connectivity index (χ2n) is 7.87. The standard InChI is InChI=1S/C24H20F3N5O3/c1-3-35-23(33)21-19-12-31-20(10-14-6-4-5-7-17(14)24(25,26)27)29-30-22(31)16-11-15(34-2)8-9-18(16)32(19)13-28-21/h4-9,11,13H,3,10,12H2,1-2H3. The van der Waals surface area contributed by atoms with Crippen molar-refractivity contribution in [2.45, 2.75) is 26.1 Å². The summed E-state index contributed by atoms with van der Waals surface area (Å²) in [6, 6.07) is 10.7. The third-order valence-corrected chi connectivity index (χ3v) is 5.85. The van der Waals surface area contributed by atoms with Crippen LogP contribution in [0.4, 0.5) is 13.2 Å². The van der Waals surface area contributed by atoms with Crippen molar-refractivity contribution in [1.29, 1.82) is 0 Å². The summed E-state index contributed by atoms with van der Waals surface area (Å²) < 4.78 is 54.8. The third-order valence-electron chi connectivity index (χ3n) is 5.85. The van der Waals surface area contributed by atoms with Crippen LogP contribution in [0.1, 0.15) is 40.1 Å². The van der Waals surface area contributed by atoms with Gasteiger partial charge in [0.1, 0.15) is 17.9 Å². The van der Waals surface area contributed by atoms with Crippen LogP contribution < -0.4 is 4.74 Å². The van der Waals surface area contributed by atoms with Crippen LogP contribution in [0.3, 0.4) is 0 Å². The molecule has 1 aliphatic rings. The zero-order valence-corrected chi connectivity index (χ0v) is 18.8. The smallest absolute Gasteiger partial charge is 0.416 e. The van der Waals surface area contributed by atoms with E-state index in [-0.39, 0.29) is 30.8 Å². The quantitative estimate of drug-likeness (QED) is 0.347. The summed E-state index contributed by atoms with van der Waals surface area (Å²) in [5.41, 5.74) is 1.29. The lowest BCUT2D eigenvalue weighted by Crippen LogP contribution is -2.15. The fourth-order valence-electron chi connectivity index (χ4n) is 4.24. The van der Waals surface area contributed by atoms with Gasteiger partial charge in [-0.3, -0.25) is 4.57 Å². The van der Waals surface area contributed by atoms with Crippen LogP contribution in [-0.2, 0) is 23.9 Å². The Balaban J connectivity index is 1.68. The first-order chi connectivity index (χ1) is 16.8. The average Bonchev–Trinajstić information content (AvgIpc) is 3.40. The number of benzene rings is 2. The molecule has 2 aromatic carbocycles. The fraction of sp³-hybridized carbons (Fsp3) is 0.250. The molecule has 0 aliphatic carbocycles. The minimum Gasteiger partial charge on any atom is -0.497 e. The number of alkyl halides is 3. The molecular weight excluding hydrogens is 463 g/mol. The minimum atomic E-state index is -4.51. The number of carbonyl (C=O) groups excluding carboxylic acids is 1. The molecular formula is C24H20F3N5O3. The van der Waals surface area contributed by atoms with E-state index >= 15 is 0 Å². The molecule has 0 spiro atoms. The summed E-state index contributed by atoms with van der Waals surface area (Å²) in [5, 5.41) is 8.56. The molecule has 0 saturated heterocycles. The van der Waals surface area contributed by atoms with E-state index in [4.69, 9.17) is 9.47 Å². The second-order valence-corrected chi connectivity index (χ2v) is 7.87. The Morgan fingerprint density at radius 3 is 2.69 bits per heavy atom. The number of hydrogen-bond donors (Lipinski definition) is 0. The summed E-state index contributed by atoms with van der Waals surface area (Å²) in [5.74, 6) is 0.736. The lowest BCUT2D eigenvalue weighted by molar-refractivity contribution is -0.138. The van der Waals surface area contributed by atoms with Gasteiger partial charge in [0, 0.05) is 12.0 Å². The fourth-order valence-corrected chi connectivity index (χ4v) is 4.24. The van der Waals surface area contributed by atoms with Crippen molar-refractivity contribution < 1.29 is 27.4 Å². The number of halogens is 3. The van der Waals surface area contributed by atoms with Crippen LogP contribution in [0, 0.1) is 0 Å². The molecule has 5 rings (SSSR count). The van der Waals surface area contributed by atoms with Gasteiger partial charge in [-0.2, -0.15) is 13.2 Å². The van der Waals surface area contributed by atoms with E-state index < -0.39 is 17.7 Å². The van der Waals surface area contributed by atoms with Crippen LogP contribution in [0.15, 0.2) is 48.8 Å². The molecule has 0 radical (unpaired) electrons. The lowest BCUT2D eigenvalue weighted by atomic mass is 10.0. The highest BCUT2D eigenvalue weighted by Crippen LogP contribution is 2.36. The van der Waals surface area contributed by atoms with E-state index in [0.717, 1.165) is 6.07 Å². The molecule has 8 nitrogen and oxygen atoms in total. The van der Waals surface area contributed by atoms with Crippen molar-refractivity contribution in [3.8, 4) is 22.8 Å². The Hall–Kier alpha value is -4.15. The number of fused-ring (bicyclic) bond motifs is 5. The topological polar surface area (TPSA) is 84.1 Å². The molecule has 180 valence electrons. The average molecular weight is 483 g/mol. The van der Waals surface area contributed by atoms with Gasteiger partial charge in [0.05, 0.1) is 37.2 Å². The number of imidazole rings is 1. The van der Waals surface area contributed by atoms with Crippen molar-refractivity contribution in [2.75, 3.05) is 13.7 Å². The summed E-state index contributed by atoms with van der Waals surface area (Å²) >= 11 is 0. The first-order valence-electron chi connectivity index (χ1n) is 10.8. The molecule has 0 unspecified atom stereocenters. The Morgan fingerprint density at radius 1 is 1.14 bits per heavy atom. The maximum atomic E-state index is 13.6. The van der Waals surface area contributed by atoms with Gasteiger partial charge in [0.25, 0.3) is 0 Å². The van der Waals surface area contributed by atoms with Crippen LogP contribution in [0.5, 0.6) is 5.75 Å². The number of nitrogens with zero attached hydrogens (tertiary/aromatic N) is 5. The number of rotatable bonds is 5. The van der Waals surface area contributed by atoms with E-state index in [9.17, 15) is 18.0 Å². The van der Waals surface area contributed by atoms with Gasteiger partial charge in [0.15, 0.2) is 11.5 Å². The van der Waals surface area contributed by atoms with Gasteiger partial charge in [-0.15, -0.1) is 10.2 Å². The van der Waals surface area contributed by atoms with Gasteiger partial charge in [-0.1, -0.05) is 18.2 Å². The van der Waals surface area contributed by atoms with Crippen LogP contribution >= 0.6 is 0 Å². The maximum Gasteiger partial charge on any atom is 0.416 e. The lowest BCUT2D eigenvalue weighted by Gasteiger charge is -2.13. The zero-order chi connectivity index (χ0) is 24.7. The first kappa shape index (κ1) is 22.6. The summed E-state index contributed by atoms with van der Waals surface area (Å²) in [6.07, 6.45) is -3.09. The molecule has 0 atom stereocenters. The Morgan fingerprint density at radius 2 is 1.94 bits per heavy atom. The SMILES string of the molecule is CCOC(=O)c1ncn2c1Cn1c(Cc3ccccc3C(F)(F)F)nnc1-c1cc(OC)ccc1-2. The Labute approximate surface area is 198 Å². The predicted molar refractivity (Wildman–Crippen MR) is 118 cm³/mol.